The van der Waals surface area contributed by atoms with Crippen molar-refractivity contribution in [3.63, 3.8) is 0 Å². The topological polar surface area (TPSA) is 82.3 Å². The first-order chi connectivity index (χ1) is 12.5. The van der Waals surface area contributed by atoms with Gasteiger partial charge in [-0.25, -0.2) is 9.59 Å². The minimum atomic E-state index is -0.543. The van der Waals surface area contributed by atoms with Gasteiger partial charge in [0.25, 0.3) is 0 Å². The van der Waals surface area contributed by atoms with Gasteiger partial charge in [0.15, 0.2) is 0 Å². The summed E-state index contributed by atoms with van der Waals surface area (Å²) in [5, 5.41) is 2.63. The summed E-state index contributed by atoms with van der Waals surface area (Å²) >= 11 is 0. The third kappa shape index (κ3) is 3.51. The molecule has 0 saturated heterocycles. The molecule has 0 radical (unpaired) electrons. The first kappa shape index (κ1) is 17.5. The van der Waals surface area contributed by atoms with E-state index in [0.717, 1.165) is 5.52 Å². The van der Waals surface area contributed by atoms with E-state index in [4.69, 9.17) is 4.74 Å². The van der Waals surface area contributed by atoms with Gasteiger partial charge in [-0.2, -0.15) is 0 Å². The maximum Gasteiger partial charge on any atom is 0.331 e. The fraction of sp³-hybridized carbons (Fsp3) is 0.211. The SMILES string of the molecule is CCn1c(=O)n(CC(=O)Oc2ccc(NC(C)=O)cc2)c2ccccc21. The molecule has 0 fully saturated rings. The van der Waals surface area contributed by atoms with Gasteiger partial charge in [-0.15, -0.1) is 0 Å². The molecule has 0 spiro atoms. The number of amides is 1. The summed E-state index contributed by atoms with van der Waals surface area (Å²) in [5.74, 6) is -0.379. The Balaban J connectivity index is 1.78. The Bertz CT molecular complexity index is 1020. The molecule has 0 bridgehead atoms. The number of hydrogen-bond donors (Lipinski definition) is 1. The third-order valence-electron chi connectivity index (χ3n) is 3.93. The Morgan fingerprint density at radius 2 is 1.62 bits per heavy atom. The molecule has 3 rings (SSSR count). The van der Waals surface area contributed by atoms with Crippen molar-refractivity contribution in [2.45, 2.75) is 26.9 Å². The van der Waals surface area contributed by atoms with E-state index in [9.17, 15) is 14.4 Å². The molecule has 7 heteroatoms. The van der Waals surface area contributed by atoms with E-state index < -0.39 is 5.97 Å². The molecule has 1 aromatic heterocycles. The summed E-state index contributed by atoms with van der Waals surface area (Å²) in [5.41, 5.74) is 1.84. The van der Waals surface area contributed by atoms with Crippen molar-refractivity contribution in [1.29, 1.82) is 0 Å². The number of carbonyl (C=O) groups excluding carboxylic acids is 2. The summed E-state index contributed by atoms with van der Waals surface area (Å²) in [6.45, 7) is 3.64. The maximum atomic E-state index is 12.5. The fourth-order valence-corrected chi connectivity index (χ4v) is 2.83. The number of hydrogen-bond acceptors (Lipinski definition) is 4. The monoisotopic (exact) mass is 353 g/mol. The zero-order chi connectivity index (χ0) is 18.7. The molecule has 26 heavy (non-hydrogen) atoms. The Hall–Kier alpha value is -3.35. The smallest absolute Gasteiger partial charge is 0.331 e. The van der Waals surface area contributed by atoms with Crippen LogP contribution in [0.25, 0.3) is 11.0 Å². The van der Waals surface area contributed by atoms with E-state index >= 15 is 0 Å². The normalized spacial score (nSPS) is 10.7. The van der Waals surface area contributed by atoms with Gasteiger partial charge in [0.1, 0.15) is 12.3 Å². The molecular formula is C19H19N3O4. The fourth-order valence-electron chi connectivity index (χ4n) is 2.83. The second-order valence-corrected chi connectivity index (χ2v) is 5.78. The molecule has 0 saturated carbocycles. The quantitative estimate of drug-likeness (QED) is 0.564. The molecule has 0 unspecified atom stereocenters. The number of esters is 1. The lowest BCUT2D eigenvalue weighted by atomic mass is 10.3. The largest absolute Gasteiger partial charge is 0.425 e. The highest BCUT2D eigenvalue weighted by Crippen LogP contribution is 2.17. The van der Waals surface area contributed by atoms with Crippen molar-refractivity contribution < 1.29 is 14.3 Å². The number of nitrogens with zero attached hydrogens (tertiary/aromatic N) is 2. The first-order valence-corrected chi connectivity index (χ1v) is 8.26. The van der Waals surface area contributed by atoms with Crippen molar-refractivity contribution in [3.8, 4) is 5.75 Å². The third-order valence-corrected chi connectivity index (χ3v) is 3.93. The number of carbonyl (C=O) groups is 2. The molecule has 1 N–H and O–H groups in total. The van der Waals surface area contributed by atoms with Crippen LogP contribution in [0, 0.1) is 0 Å². The van der Waals surface area contributed by atoms with Gasteiger partial charge in [0.05, 0.1) is 11.0 Å². The van der Waals surface area contributed by atoms with Crippen LogP contribution in [0.1, 0.15) is 13.8 Å². The number of aryl methyl sites for hydroxylation is 1. The van der Waals surface area contributed by atoms with Gasteiger partial charge < -0.3 is 10.1 Å². The van der Waals surface area contributed by atoms with Gasteiger partial charge in [0, 0.05) is 19.2 Å². The second kappa shape index (κ2) is 7.26. The molecule has 1 amide bonds. The highest BCUT2D eigenvalue weighted by atomic mass is 16.5. The number of rotatable bonds is 5. The molecule has 1 heterocycles. The summed E-state index contributed by atoms with van der Waals surface area (Å²) in [6, 6.07) is 13.8. The summed E-state index contributed by atoms with van der Waals surface area (Å²) in [4.78, 5) is 35.8. The Labute approximate surface area is 149 Å². The van der Waals surface area contributed by atoms with E-state index in [-0.39, 0.29) is 18.1 Å². The molecule has 0 aliphatic heterocycles. The zero-order valence-electron chi connectivity index (χ0n) is 14.6. The lowest BCUT2D eigenvalue weighted by molar-refractivity contribution is -0.135. The molecule has 3 aromatic rings. The summed E-state index contributed by atoms with van der Waals surface area (Å²) < 4.78 is 8.33. The highest BCUT2D eigenvalue weighted by molar-refractivity contribution is 5.88. The number of nitrogens with one attached hydrogen (secondary N) is 1. The van der Waals surface area contributed by atoms with Crippen LogP contribution in [0.3, 0.4) is 0 Å². The van der Waals surface area contributed by atoms with E-state index in [0.29, 0.717) is 23.5 Å². The average molecular weight is 353 g/mol. The van der Waals surface area contributed by atoms with E-state index in [1.54, 1.807) is 34.9 Å². The molecule has 2 aromatic carbocycles. The summed E-state index contributed by atoms with van der Waals surface area (Å²) in [6.07, 6.45) is 0. The van der Waals surface area contributed by atoms with Crippen LogP contribution in [0.2, 0.25) is 0 Å². The van der Waals surface area contributed by atoms with Crippen LogP contribution in [-0.2, 0) is 22.7 Å². The Morgan fingerprint density at radius 3 is 2.19 bits per heavy atom. The molecule has 0 atom stereocenters. The predicted octanol–water partition coefficient (Wildman–Crippen LogP) is 2.39. The van der Waals surface area contributed by atoms with Crippen molar-refractivity contribution in [1.82, 2.24) is 9.13 Å². The average Bonchev–Trinajstić information content (AvgIpc) is 2.88. The molecule has 134 valence electrons. The lowest BCUT2D eigenvalue weighted by Gasteiger charge is -2.07. The minimum Gasteiger partial charge on any atom is -0.425 e. The predicted molar refractivity (Wildman–Crippen MR) is 98.3 cm³/mol. The van der Waals surface area contributed by atoms with Crippen molar-refractivity contribution in [2.24, 2.45) is 0 Å². The van der Waals surface area contributed by atoms with Gasteiger partial charge in [-0.3, -0.25) is 13.9 Å². The first-order valence-electron chi connectivity index (χ1n) is 8.26. The van der Waals surface area contributed by atoms with Crippen LogP contribution < -0.4 is 15.7 Å². The van der Waals surface area contributed by atoms with Crippen LogP contribution >= 0.6 is 0 Å². The summed E-state index contributed by atoms with van der Waals surface area (Å²) in [7, 11) is 0. The number of aromatic nitrogens is 2. The number of fused-ring (bicyclic) bond motifs is 1. The standard InChI is InChI=1S/C19H19N3O4/c1-3-21-16-6-4-5-7-17(16)22(19(21)25)12-18(24)26-15-10-8-14(9-11-15)20-13(2)23/h4-11H,3,12H2,1-2H3,(H,20,23). The molecular weight excluding hydrogens is 334 g/mol. The van der Waals surface area contributed by atoms with Crippen LogP contribution in [0.15, 0.2) is 53.3 Å². The molecule has 0 aliphatic rings. The minimum absolute atomic E-state index is 0.179. The van der Waals surface area contributed by atoms with Gasteiger partial charge in [0.2, 0.25) is 5.91 Å². The van der Waals surface area contributed by atoms with Crippen molar-refractivity contribution in [2.75, 3.05) is 5.32 Å². The van der Waals surface area contributed by atoms with E-state index in [1.165, 1.54) is 11.5 Å². The number of ether oxygens (including phenoxy) is 1. The van der Waals surface area contributed by atoms with Crippen molar-refractivity contribution >= 4 is 28.6 Å². The molecule has 7 nitrogen and oxygen atoms in total. The van der Waals surface area contributed by atoms with Crippen LogP contribution in [0.5, 0.6) is 5.75 Å². The lowest BCUT2D eigenvalue weighted by Crippen LogP contribution is -2.28. The van der Waals surface area contributed by atoms with E-state index in [2.05, 4.69) is 5.32 Å². The van der Waals surface area contributed by atoms with Gasteiger partial charge >= 0.3 is 11.7 Å². The molecule has 0 aliphatic carbocycles. The number of anilines is 1. The zero-order valence-corrected chi connectivity index (χ0v) is 14.6. The van der Waals surface area contributed by atoms with Crippen LogP contribution in [0.4, 0.5) is 5.69 Å². The van der Waals surface area contributed by atoms with Crippen molar-refractivity contribution in [3.05, 3.63) is 59.0 Å². The van der Waals surface area contributed by atoms with Gasteiger partial charge in [-0.1, -0.05) is 12.1 Å². The number of benzene rings is 2. The maximum absolute atomic E-state index is 12.5. The van der Waals surface area contributed by atoms with Gasteiger partial charge in [-0.05, 0) is 43.3 Å². The highest BCUT2D eigenvalue weighted by Gasteiger charge is 2.15. The second-order valence-electron chi connectivity index (χ2n) is 5.78. The Morgan fingerprint density at radius 1 is 1.00 bits per heavy atom. The Kier molecular flexibility index (Phi) is 4.88. The number of imidazole rings is 1. The number of para-hydroxylation sites is 2. The van der Waals surface area contributed by atoms with Crippen LogP contribution in [-0.4, -0.2) is 21.0 Å². The van der Waals surface area contributed by atoms with E-state index in [1.807, 2.05) is 25.1 Å².